The molecule has 0 aliphatic carbocycles. The van der Waals surface area contributed by atoms with Crippen molar-refractivity contribution in [2.24, 2.45) is 0 Å². The van der Waals surface area contributed by atoms with Crippen LogP contribution in [0.15, 0.2) is 30.3 Å². The molecule has 1 unspecified atom stereocenters. The molecule has 0 saturated carbocycles. The van der Waals surface area contributed by atoms with Gasteiger partial charge in [-0.25, -0.2) is 0 Å². The molecular formula is C15H20N2O2. The second kappa shape index (κ2) is 5.53. The van der Waals surface area contributed by atoms with Crippen LogP contribution in [-0.4, -0.2) is 36.9 Å². The van der Waals surface area contributed by atoms with Gasteiger partial charge in [0.25, 0.3) is 0 Å². The lowest BCUT2D eigenvalue weighted by molar-refractivity contribution is -0.139. The first-order valence-corrected chi connectivity index (χ1v) is 6.64. The fraction of sp³-hybridized carbons (Fsp3) is 0.467. The Morgan fingerprint density at radius 3 is 2.58 bits per heavy atom. The number of nitrogens with one attached hydrogen (secondary N) is 1. The van der Waals surface area contributed by atoms with Gasteiger partial charge in [-0.05, 0) is 32.5 Å². The van der Waals surface area contributed by atoms with Gasteiger partial charge in [-0.3, -0.25) is 14.5 Å². The molecule has 1 aromatic rings. The topological polar surface area (TPSA) is 49.4 Å². The van der Waals surface area contributed by atoms with Gasteiger partial charge in [-0.15, -0.1) is 0 Å². The largest absolute Gasteiger partial charge is 0.320 e. The number of likely N-dealkylation sites (tertiary alicyclic amines) is 1. The van der Waals surface area contributed by atoms with E-state index in [1.54, 1.807) is 0 Å². The molecule has 4 heteroatoms. The first-order valence-electron chi connectivity index (χ1n) is 6.64. The minimum Gasteiger partial charge on any atom is -0.320 e. The summed E-state index contributed by atoms with van der Waals surface area (Å²) in [6, 6.07) is 9.56. The highest BCUT2D eigenvalue weighted by Gasteiger charge is 2.48. The smallest absolute Gasteiger partial charge is 0.240 e. The van der Waals surface area contributed by atoms with Crippen molar-refractivity contribution in [2.45, 2.75) is 25.2 Å². The van der Waals surface area contributed by atoms with Crippen LogP contribution in [0, 0.1) is 0 Å². The minimum atomic E-state index is -0.696. The van der Waals surface area contributed by atoms with Crippen molar-refractivity contribution in [1.29, 1.82) is 0 Å². The molecule has 19 heavy (non-hydrogen) atoms. The monoisotopic (exact) mass is 260 g/mol. The van der Waals surface area contributed by atoms with Crippen molar-refractivity contribution in [2.75, 3.05) is 20.1 Å². The molecule has 1 aliphatic rings. The number of amides is 2. The summed E-state index contributed by atoms with van der Waals surface area (Å²) in [6.07, 6.45) is 1.06. The second-order valence-corrected chi connectivity index (χ2v) is 5.18. The van der Waals surface area contributed by atoms with E-state index in [9.17, 15) is 9.59 Å². The summed E-state index contributed by atoms with van der Waals surface area (Å²) in [5.74, 6) is -0.132. The number of nitrogens with zero attached hydrogens (tertiary/aromatic N) is 1. The van der Waals surface area contributed by atoms with Crippen molar-refractivity contribution >= 4 is 11.8 Å². The third kappa shape index (κ3) is 2.54. The summed E-state index contributed by atoms with van der Waals surface area (Å²) in [5.41, 5.74) is 0.224. The molecule has 1 atom stereocenters. The Kier molecular flexibility index (Phi) is 4.00. The third-order valence-corrected chi connectivity index (χ3v) is 3.74. The highest BCUT2D eigenvalue weighted by Crippen LogP contribution is 2.36. The van der Waals surface area contributed by atoms with E-state index in [2.05, 4.69) is 5.32 Å². The zero-order chi connectivity index (χ0) is 13.9. The SMILES string of the molecule is CNCCCN1C(=O)CC(C)(c2ccccc2)C1=O. The van der Waals surface area contributed by atoms with E-state index in [4.69, 9.17) is 0 Å². The molecule has 1 aliphatic heterocycles. The molecule has 1 heterocycles. The van der Waals surface area contributed by atoms with Crippen molar-refractivity contribution in [1.82, 2.24) is 10.2 Å². The Morgan fingerprint density at radius 2 is 1.95 bits per heavy atom. The van der Waals surface area contributed by atoms with E-state index in [1.165, 1.54) is 4.90 Å². The molecule has 0 spiro atoms. The highest BCUT2D eigenvalue weighted by molar-refractivity contribution is 6.08. The molecule has 2 rings (SSSR count). The number of carbonyl (C=O) groups is 2. The molecule has 0 aromatic heterocycles. The van der Waals surface area contributed by atoms with Crippen molar-refractivity contribution in [3.05, 3.63) is 35.9 Å². The highest BCUT2D eigenvalue weighted by atomic mass is 16.2. The number of imide groups is 1. The summed E-state index contributed by atoms with van der Waals surface area (Å²) in [7, 11) is 1.86. The van der Waals surface area contributed by atoms with E-state index in [-0.39, 0.29) is 18.2 Å². The second-order valence-electron chi connectivity index (χ2n) is 5.18. The molecule has 0 bridgehead atoms. The maximum Gasteiger partial charge on any atom is 0.240 e. The number of carbonyl (C=O) groups excluding carboxylic acids is 2. The van der Waals surface area contributed by atoms with Crippen LogP contribution in [0.3, 0.4) is 0 Å². The van der Waals surface area contributed by atoms with Crippen LogP contribution in [0.5, 0.6) is 0 Å². The summed E-state index contributed by atoms with van der Waals surface area (Å²) in [4.78, 5) is 26.0. The minimum absolute atomic E-state index is 0.0625. The number of hydrogen-bond acceptors (Lipinski definition) is 3. The molecular weight excluding hydrogens is 240 g/mol. The van der Waals surface area contributed by atoms with Gasteiger partial charge in [-0.2, -0.15) is 0 Å². The molecule has 2 amide bonds. The van der Waals surface area contributed by atoms with E-state index < -0.39 is 5.41 Å². The van der Waals surface area contributed by atoms with Crippen LogP contribution >= 0.6 is 0 Å². The van der Waals surface area contributed by atoms with Gasteiger partial charge in [0.1, 0.15) is 0 Å². The fourth-order valence-corrected chi connectivity index (χ4v) is 2.56. The molecule has 4 nitrogen and oxygen atoms in total. The van der Waals surface area contributed by atoms with E-state index in [0.717, 1.165) is 18.5 Å². The van der Waals surface area contributed by atoms with Crippen LogP contribution in [-0.2, 0) is 15.0 Å². The average Bonchev–Trinajstić information content (AvgIpc) is 2.64. The molecule has 1 saturated heterocycles. The molecule has 0 radical (unpaired) electrons. The zero-order valence-corrected chi connectivity index (χ0v) is 11.5. The average molecular weight is 260 g/mol. The lowest BCUT2D eigenvalue weighted by atomic mass is 9.81. The number of rotatable bonds is 5. The quantitative estimate of drug-likeness (QED) is 0.641. The van der Waals surface area contributed by atoms with Crippen LogP contribution in [0.25, 0.3) is 0 Å². The van der Waals surface area contributed by atoms with E-state index in [1.807, 2.05) is 44.3 Å². The standard InChI is InChI=1S/C15H20N2O2/c1-15(12-7-4-3-5-8-12)11-13(18)17(14(15)19)10-6-9-16-2/h3-5,7-8,16H,6,9-11H2,1-2H3. The van der Waals surface area contributed by atoms with Gasteiger partial charge in [-0.1, -0.05) is 30.3 Å². The number of benzene rings is 1. The Morgan fingerprint density at radius 1 is 1.26 bits per heavy atom. The van der Waals surface area contributed by atoms with E-state index >= 15 is 0 Å². The van der Waals surface area contributed by atoms with Crippen LogP contribution in [0.2, 0.25) is 0 Å². The Balaban J connectivity index is 2.17. The van der Waals surface area contributed by atoms with Gasteiger partial charge in [0.2, 0.25) is 11.8 Å². The Bertz CT molecular complexity index is 472. The Labute approximate surface area is 113 Å². The normalized spacial score (nSPS) is 23.2. The van der Waals surface area contributed by atoms with Crippen molar-refractivity contribution in [3.8, 4) is 0 Å². The first kappa shape index (κ1) is 13.7. The maximum absolute atomic E-state index is 12.5. The Hall–Kier alpha value is -1.68. The lowest BCUT2D eigenvalue weighted by Crippen LogP contribution is -2.37. The fourth-order valence-electron chi connectivity index (χ4n) is 2.56. The van der Waals surface area contributed by atoms with Gasteiger partial charge < -0.3 is 5.32 Å². The number of hydrogen-bond donors (Lipinski definition) is 1. The molecule has 102 valence electrons. The predicted octanol–water partition coefficient (Wildman–Crippen LogP) is 1.31. The first-order chi connectivity index (χ1) is 9.09. The van der Waals surface area contributed by atoms with Crippen LogP contribution in [0.4, 0.5) is 0 Å². The van der Waals surface area contributed by atoms with Crippen LogP contribution < -0.4 is 5.32 Å². The molecule has 1 aromatic carbocycles. The lowest BCUT2D eigenvalue weighted by Gasteiger charge is -2.22. The summed E-state index contributed by atoms with van der Waals surface area (Å²) < 4.78 is 0. The molecule has 1 fully saturated rings. The van der Waals surface area contributed by atoms with Gasteiger partial charge in [0, 0.05) is 13.0 Å². The van der Waals surface area contributed by atoms with Crippen molar-refractivity contribution in [3.63, 3.8) is 0 Å². The summed E-state index contributed by atoms with van der Waals surface area (Å²) in [5, 5.41) is 3.02. The van der Waals surface area contributed by atoms with Crippen molar-refractivity contribution < 1.29 is 9.59 Å². The van der Waals surface area contributed by atoms with E-state index in [0.29, 0.717) is 6.54 Å². The maximum atomic E-state index is 12.5. The summed E-state index contributed by atoms with van der Waals surface area (Å²) >= 11 is 0. The van der Waals surface area contributed by atoms with Crippen LogP contribution in [0.1, 0.15) is 25.3 Å². The van der Waals surface area contributed by atoms with Gasteiger partial charge >= 0.3 is 0 Å². The molecule has 1 N–H and O–H groups in total. The third-order valence-electron chi connectivity index (χ3n) is 3.74. The predicted molar refractivity (Wildman–Crippen MR) is 73.7 cm³/mol. The van der Waals surface area contributed by atoms with Gasteiger partial charge in [0.15, 0.2) is 0 Å². The summed E-state index contributed by atoms with van der Waals surface area (Å²) in [6.45, 7) is 3.17. The zero-order valence-electron chi connectivity index (χ0n) is 11.5. The van der Waals surface area contributed by atoms with Gasteiger partial charge in [0.05, 0.1) is 5.41 Å².